The Morgan fingerprint density at radius 2 is 1.54 bits per heavy atom. The maximum absolute atomic E-state index is 4.73. The van der Waals surface area contributed by atoms with Crippen LogP contribution in [0.2, 0.25) is 0 Å². The molecule has 0 spiro atoms. The quantitative estimate of drug-likeness (QED) is 0.740. The summed E-state index contributed by atoms with van der Waals surface area (Å²) in [5, 5.41) is 8.26. The molecule has 0 aliphatic carbocycles. The number of hydrogen-bond donors (Lipinski definition) is 1. The van der Waals surface area contributed by atoms with Gasteiger partial charge in [0.25, 0.3) is 0 Å². The minimum absolute atomic E-state index is 0.825. The minimum Gasteiger partial charge on any atom is -0.308 e. The fourth-order valence-electron chi connectivity index (χ4n) is 2.94. The highest BCUT2D eigenvalue weighted by Gasteiger charge is 2.11. The van der Waals surface area contributed by atoms with E-state index in [0.29, 0.717) is 0 Å². The summed E-state index contributed by atoms with van der Waals surface area (Å²) in [7, 11) is 0. The van der Waals surface area contributed by atoms with Gasteiger partial charge in [-0.25, -0.2) is 0 Å². The van der Waals surface area contributed by atoms with Gasteiger partial charge < -0.3 is 5.32 Å². The first-order valence-electron chi connectivity index (χ1n) is 8.46. The number of hydrogen-bond acceptors (Lipinski definition) is 2. The van der Waals surface area contributed by atoms with Crippen LogP contribution in [-0.4, -0.2) is 9.78 Å². The molecule has 3 rings (SSSR count). The molecule has 0 atom stereocenters. The zero-order valence-corrected chi connectivity index (χ0v) is 14.7. The molecule has 124 valence electrons. The lowest BCUT2D eigenvalue weighted by Crippen LogP contribution is -2.14. The normalized spacial score (nSPS) is 11.0. The molecule has 3 aromatic rings. The second-order valence-corrected chi connectivity index (χ2v) is 6.38. The van der Waals surface area contributed by atoms with Crippen molar-refractivity contribution in [2.24, 2.45) is 0 Å². The second kappa shape index (κ2) is 7.45. The Morgan fingerprint density at radius 1 is 0.833 bits per heavy atom. The van der Waals surface area contributed by atoms with Gasteiger partial charge in [0.2, 0.25) is 0 Å². The summed E-state index contributed by atoms with van der Waals surface area (Å²) < 4.78 is 2.11. The van der Waals surface area contributed by atoms with Crippen LogP contribution in [0.25, 0.3) is 0 Å². The Bertz CT molecular complexity index is 786. The molecule has 24 heavy (non-hydrogen) atoms. The van der Waals surface area contributed by atoms with E-state index in [1.54, 1.807) is 0 Å². The molecule has 1 aromatic heterocycles. The molecule has 1 heterocycles. The van der Waals surface area contributed by atoms with Gasteiger partial charge in [-0.2, -0.15) is 5.10 Å². The van der Waals surface area contributed by atoms with Crippen LogP contribution in [0, 0.1) is 20.8 Å². The van der Waals surface area contributed by atoms with Crippen LogP contribution >= 0.6 is 0 Å². The van der Waals surface area contributed by atoms with Crippen LogP contribution < -0.4 is 5.32 Å². The maximum Gasteiger partial charge on any atom is 0.0662 e. The van der Waals surface area contributed by atoms with E-state index in [2.05, 4.69) is 79.3 Å². The molecular formula is C21H25N3. The topological polar surface area (TPSA) is 29.9 Å². The summed E-state index contributed by atoms with van der Waals surface area (Å²) >= 11 is 0. The summed E-state index contributed by atoms with van der Waals surface area (Å²) in [4.78, 5) is 0. The minimum atomic E-state index is 0.825. The van der Waals surface area contributed by atoms with E-state index < -0.39 is 0 Å². The van der Waals surface area contributed by atoms with Crippen molar-refractivity contribution in [3.05, 3.63) is 88.2 Å². The van der Waals surface area contributed by atoms with Gasteiger partial charge in [0.15, 0.2) is 0 Å². The SMILES string of the molecule is Cc1ccc(Cn2nc(C)c(CNCc3ccccc3)c2C)cc1. The van der Waals surface area contributed by atoms with Gasteiger partial charge in [-0.05, 0) is 31.9 Å². The number of aryl methyl sites for hydroxylation is 2. The molecule has 0 saturated heterocycles. The molecule has 0 radical (unpaired) electrons. The van der Waals surface area contributed by atoms with Gasteiger partial charge in [0.1, 0.15) is 0 Å². The Labute approximate surface area is 144 Å². The van der Waals surface area contributed by atoms with E-state index in [1.807, 2.05) is 6.07 Å². The van der Waals surface area contributed by atoms with Crippen molar-refractivity contribution in [2.75, 3.05) is 0 Å². The van der Waals surface area contributed by atoms with Crippen LogP contribution in [0.1, 0.15) is 33.6 Å². The maximum atomic E-state index is 4.73. The molecule has 0 saturated carbocycles. The highest BCUT2D eigenvalue weighted by atomic mass is 15.3. The molecule has 0 bridgehead atoms. The first-order valence-corrected chi connectivity index (χ1v) is 8.46. The third-order valence-electron chi connectivity index (χ3n) is 4.46. The van der Waals surface area contributed by atoms with Crippen molar-refractivity contribution < 1.29 is 0 Å². The first-order chi connectivity index (χ1) is 11.6. The van der Waals surface area contributed by atoms with E-state index in [1.165, 1.54) is 27.9 Å². The average molecular weight is 319 g/mol. The van der Waals surface area contributed by atoms with Gasteiger partial charge in [-0.15, -0.1) is 0 Å². The highest BCUT2D eigenvalue weighted by Crippen LogP contribution is 2.15. The summed E-state index contributed by atoms with van der Waals surface area (Å²) in [6.45, 7) is 8.92. The second-order valence-electron chi connectivity index (χ2n) is 6.38. The van der Waals surface area contributed by atoms with Crippen molar-refractivity contribution in [3.63, 3.8) is 0 Å². The predicted molar refractivity (Wildman–Crippen MR) is 99.0 cm³/mol. The molecule has 2 aromatic carbocycles. The third kappa shape index (κ3) is 3.92. The molecule has 0 amide bonds. The van der Waals surface area contributed by atoms with Gasteiger partial charge in [-0.1, -0.05) is 60.2 Å². The highest BCUT2D eigenvalue weighted by molar-refractivity contribution is 5.27. The van der Waals surface area contributed by atoms with Crippen molar-refractivity contribution in [1.82, 2.24) is 15.1 Å². The van der Waals surface area contributed by atoms with Crippen molar-refractivity contribution in [2.45, 2.75) is 40.4 Å². The number of nitrogens with one attached hydrogen (secondary N) is 1. The lowest BCUT2D eigenvalue weighted by molar-refractivity contribution is 0.653. The summed E-state index contributed by atoms with van der Waals surface area (Å²) in [6, 6.07) is 19.2. The number of aromatic nitrogens is 2. The van der Waals surface area contributed by atoms with Gasteiger partial charge in [0, 0.05) is 24.3 Å². The largest absolute Gasteiger partial charge is 0.308 e. The van der Waals surface area contributed by atoms with E-state index in [9.17, 15) is 0 Å². The molecule has 3 heteroatoms. The smallest absolute Gasteiger partial charge is 0.0662 e. The van der Waals surface area contributed by atoms with Crippen LogP contribution in [0.4, 0.5) is 0 Å². The van der Waals surface area contributed by atoms with Gasteiger partial charge in [0.05, 0.1) is 12.2 Å². The zero-order chi connectivity index (χ0) is 16.9. The standard InChI is InChI=1S/C21H25N3/c1-16-9-11-20(12-10-16)15-24-18(3)21(17(2)23-24)14-22-13-19-7-5-4-6-8-19/h4-12,22H,13-15H2,1-3H3. The third-order valence-corrected chi connectivity index (χ3v) is 4.46. The predicted octanol–water partition coefficient (Wildman–Crippen LogP) is 4.15. The van der Waals surface area contributed by atoms with Gasteiger partial charge >= 0.3 is 0 Å². The number of rotatable bonds is 6. The average Bonchev–Trinajstić information content (AvgIpc) is 2.85. The molecule has 3 nitrogen and oxygen atoms in total. The van der Waals surface area contributed by atoms with E-state index in [4.69, 9.17) is 5.10 Å². The lowest BCUT2D eigenvalue weighted by Gasteiger charge is -2.08. The molecule has 0 fully saturated rings. The molecular weight excluding hydrogens is 294 g/mol. The molecule has 0 aliphatic rings. The van der Waals surface area contributed by atoms with Gasteiger partial charge in [-0.3, -0.25) is 4.68 Å². The van der Waals surface area contributed by atoms with Crippen LogP contribution in [0.5, 0.6) is 0 Å². The first kappa shape index (κ1) is 16.5. The molecule has 0 aliphatic heterocycles. The monoisotopic (exact) mass is 319 g/mol. The summed E-state index contributed by atoms with van der Waals surface area (Å²) in [6.07, 6.45) is 0. The van der Waals surface area contributed by atoms with Crippen molar-refractivity contribution in [1.29, 1.82) is 0 Å². The van der Waals surface area contributed by atoms with Crippen molar-refractivity contribution >= 4 is 0 Å². The van der Waals surface area contributed by atoms with E-state index in [-0.39, 0.29) is 0 Å². The Morgan fingerprint density at radius 3 is 2.25 bits per heavy atom. The zero-order valence-electron chi connectivity index (χ0n) is 14.7. The number of benzene rings is 2. The fraction of sp³-hybridized carbons (Fsp3) is 0.286. The van der Waals surface area contributed by atoms with E-state index in [0.717, 1.165) is 25.3 Å². The van der Waals surface area contributed by atoms with E-state index >= 15 is 0 Å². The van der Waals surface area contributed by atoms with Crippen molar-refractivity contribution in [3.8, 4) is 0 Å². The lowest BCUT2D eigenvalue weighted by atomic mass is 10.1. The summed E-state index contributed by atoms with van der Waals surface area (Å²) in [5.41, 5.74) is 7.54. The molecule has 0 unspecified atom stereocenters. The Hall–Kier alpha value is -2.39. The Kier molecular flexibility index (Phi) is 5.11. The van der Waals surface area contributed by atoms with Crippen LogP contribution in [0.3, 0.4) is 0 Å². The summed E-state index contributed by atoms with van der Waals surface area (Å²) in [5.74, 6) is 0. The Balaban J connectivity index is 1.66. The fourth-order valence-corrected chi connectivity index (χ4v) is 2.94. The number of nitrogens with zero attached hydrogens (tertiary/aromatic N) is 2. The van der Waals surface area contributed by atoms with Crippen LogP contribution in [0.15, 0.2) is 54.6 Å². The molecule has 1 N–H and O–H groups in total. The van der Waals surface area contributed by atoms with Crippen LogP contribution in [-0.2, 0) is 19.6 Å².